The molecular weight excluding hydrogens is 414 g/mol. The number of aromatic nitrogens is 4. The van der Waals surface area contributed by atoms with E-state index in [4.69, 9.17) is 9.47 Å². The molecule has 2 heterocycles. The molecule has 0 amide bonds. The molecule has 0 aliphatic rings. The Bertz CT molecular complexity index is 1210. The number of hydrogen-bond donors (Lipinski definition) is 2. The van der Waals surface area contributed by atoms with Crippen LogP contribution in [0, 0.1) is 13.8 Å². The van der Waals surface area contributed by atoms with E-state index < -0.39 is 17.4 Å². The zero-order valence-electron chi connectivity index (χ0n) is 19.2. The molecule has 0 fully saturated rings. The van der Waals surface area contributed by atoms with E-state index in [1.807, 2.05) is 32.0 Å². The summed E-state index contributed by atoms with van der Waals surface area (Å²) in [5.74, 6) is 1.07. The fourth-order valence-corrected chi connectivity index (χ4v) is 3.44. The molecule has 174 valence electrons. The van der Waals surface area contributed by atoms with Crippen molar-refractivity contribution in [3.8, 4) is 5.75 Å². The largest absolute Gasteiger partial charge is 0.491 e. The third kappa shape index (κ3) is 4.86. The number of anilines is 1. The Morgan fingerprint density at radius 1 is 1.16 bits per heavy atom. The lowest BCUT2D eigenvalue weighted by molar-refractivity contribution is 0.0937. The van der Waals surface area contributed by atoms with Crippen LogP contribution in [0.1, 0.15) is 17.5 Å². The van der Waals surface area contributed by atoms with E-state index in [1.54, 1.807) is 18.7 Å². The first kappa shape index (κ1) is 23.6. The Morgan fingerprint density at radius 2 is 1.91 bits per heavy atom. The van der Waals surface area contributed by atoms with Crippen molar-refractivity contribution in [1.82, 2.24) is 18.7 Å². The van der Waals surface area contributed by atoms with Gasteiger partial charge in [0.1, 0.15) is 18.5 Å². The van der Waals surface area contributed by atoms with E-state index in [0.29, 0.717) is 24.8 Å². The number of imidazole rings is 1. The molecule has 1 aromatic carbocycles. The highest BCUT2D eigenvalue weighted by atomic mass is 16.5. The first-order valence-electron chi connectivity index (χ1n) is 10.5. The number of methoxy groups -OCH3 is 1. The average Bonchev–Trinajstić information content (AvgIpc) is 3.12. The number of ether oxygens (including phenoxy) is 2. The Balaban J connectivity index is 1.89. The standard InChI is InChI=1S/C22H31N5O5/c1-14-7-8-17(11-15(14)2)32-13-16(28)12-27-18-19(24-21(27)23-9-6-10-31-5)25(3)22(30)26(4)20(18)29/h7-8,11,16,28H,6,9-10,12-13H2,1-5H3,(H,23,24). The monoisotopic (exact) mass is 445 g/mol. The highest BCUT2D eigenvalue weighted by Crippen LogP contribution is 2.19. The van der Waals surface area contributed by atoms with E-state index in [0.717, 1.165) is 22.1 Å². The molecule has 10 nitrogen and oxygen atoms in total. The Hall–Kier alpha value is -3.11. The lowest BCUT2D eigenvalue weighted by Gasteiger charge is -2.16. The molecule has 0 saturated heterocycles. The van der Waals surface area contributed by atoms with Crippen molar-refractivity contribution in [1.29, 1.82) is 0 Å². The van der Waals surface area contributed by atoms with Gasteiger partial charge in [-0.1, -0.05) is 6.07 Å². The minimum Gasteiger partial charge on any atom is -0.491 e. The number of aryl methyl sites for hydroxylation is 3. The number of fused-ring (bicyclic) bond motifs is 1. The summed E-state index contributed by atoms with van der Waals surface area (Å²) in [6.45, 7) is 5.25. The highest BCUT2D eigenvalue weighted by molar-refractivity contribution is 5.74. The zero-order valence-corrected chi connectivity index (χ0v) is 19.2. The van der Waals surface area contributed by atoms with Gasteiger partial charge in [0.15, 0.2) is 11.2 Å². The maximum Gasteiger partial charge on any atom is 0.332 e. The van der Waals surface area contributed by atoms with Gasteiger partial charge >= 0.3 is 5.69 Å². The summed E-state index contributed by atoms with van der Waals surface area (Å²) in [6, 6.07) is 5.74. The molecule has 0 bridgehead atoms. The predicted octanol–water partition coefficient (Wildman–Crippen LogP) is 0.939. The molecule has 10 heteroatoms. The molecule has 32 heavy (non-hydrogen) atoms. The molecule has 1 unspecified atom stereocenters. The van der Waals surface area contributed by atoms with Crippen molar-refractivity contribution in [2.75, 3.05) is 32.2 Å². The van der Waals surface area contributed by atoms with E-state index in [2.05, 4.69) is 10.3 Å². The van der Waals surface area contributed by atoms with E-state index in [9.17, 15) is 14.7 Å². The van der Waals surface area contributed by atoms with Gasteiger partial charge in [-0.3, -0.25) is 13.9 Å². The van der Waals surface area contributed by atoms with Gasteiger partial charge in [0.2, 0.25) is 5.95 Å². The van der Waals surface area contributed by atoms with Gasteiger partial charge in [0.05, 0.1) is 6.54 Å². The third-order valence-corrected chi connectivity index (χ3v) is 5.47. The van der Waals surface area contributed by atoms with Crippen LogP contribution in [-0.4, -0.2) is 56.8 Å². The molecule has 3 rings (SSSR count). The number of nitrogens with zero attached hydrogens (tertiary/aromatic N) is 4. The topological polar surface area (TPSA) is 113 Å². The van der Waals surface area contributed by atoms with Gasteiger partial charge < -0.3 is 24.5 Å². The van der Waals surface area contributed by atoms with Crippen LogP contribution in [0.4, 0.5) is 5.95 Å². The Morgan fingerprint density at radius 3 is 2.59 bits per heavy atom. The first-order chi connectivity index (χ1) is 15.2. The summed E-state index contributed by atoms with van der Waals surface area (Å²) in [5.41, 5.74) is 1.83. The number of hydrogen-bond acceptors (Lipinski definition) is 7. The normalized spacial score (nSPS) is 12.3. The maximum atomic E-state index is 12.9. The number of aliphatic hydroxyl groups excluding tert-OH is 1. The second-order valence-electron chi connectivity index (χ2n) is 7.91. The van der Waals surface area contributed by atoms with Crippen LogP contribution in [0.5, 0.6) is 5.75 Å². The second-order valence-corrected chi connectivity index (χ2v) is 7.91. The van der Waals surface area contributed by atoms with Gasteiger partial charge in [-0.2, -0.15) is 4.98 Å². The second kappa shape index (κ2) is 10.0. The van der Waals surface area contributed by atoms with Crippen LogP contribution in [-0.2, 0) is 25.4 Å². The van der Waals surface area contributed by atoms with Crippen molar-refractivity contribution in [3.05, 3.63) is 50.2 Å². The molecule has 0 aliphatic heterocycles. The molecule has 2 N–H and O–H groups in total. The van der Waals surface area contributed by atoms with Crippen LogP contribution in [0.2, 0.25) is 0 Å². The summed E-state index contributed by atoms with van der Waals surface area (Å²) < 4.78 is 14.8. The molecule has 0 aliphatic carbocycles. The summed E-state index contributed by atoms with van der Waals surface area (Å²) in [4.78, 5) is 29.7. The third-order valence-electron chi connectivity index (χ3n) is 5.47. The minimum absolute atomic E-state index is 0.0391. The van der Waals surface area contributed by atoms with Gasteiger partial charge in [-0.15, -0.1) is 0 Å². The number of benzene rings is 1. The Labute approximate surface area is 186 Å². The number of aliphatic hydroxyl groups is 1. The van der Waals surface area contributed by atoms with Crippen LogP contribution in [0.15, 0.2) is 27.8 Å². The van der Waals surface area contributed by atoms with Gasteiger partial charge in [0, 0.05) is 34.4 Å². The van der Waals surface area contributed by atoms with E-state index in [1.165, 1.54) is 11.6 Å². The van der Waals surface area contributed by atoms with Crippen molar-refractivity contribution in [2.45, 2.75) is 32.9 Å². The van der Waals surface area contributed by atoms with Crippen LogP contribution >= 0.6 is 0 Å². The summed E-state index contributed by atoms with van der Waals surface area (Å²) >= 11 is 0. The summed E-state index contributed by atoms with van der Waals surface area (Å²) in [6.07, 6.45) is -0.176. The molecule has 0 saturated carbocycles. The molecule has 0 radical (unpaired) electrons. The van der Waals surface area contributed by atoms with Crippen molar-refractivity contribution < 1.29 is 14.6 Å². The van der Waals surface area contributed by atoms with Crippen LogP contribution in [0.25, 0.3) is 11.2 Å². The van der Waals surface area contributed by atoms with Crippen LogP contribution in [0.3, 0.4) is 0 Å². The molecule has 2 aromatic heterocycles. The lowest BCUT2D eigenvalue weighted by atomic mass is 10.1. The SMILES string of the molecule is COCCCNc1nc2c(c(=O)n(C)c(=O)n2C)n1CC(O)COc1ccc(C)c(C)c1. The van der Waals surface area contributed by atoms with E-state index >= 15 is 0 Å². The summed E-state index contributed by atoms with van der Waals surface area (Å²) in [5, 5.41) is 13.9. The predicted molar refractivity (Wildman–Crippen MR) is 123 cm³/mol. The first-order valence-corrected chi connectivity index (χ1v) is 10.5. The van der Waals surface area contributed by atoms with E-state index in [-0.39, 0.29) is 24.3 Å². The molecule has 3 aromatic rings. The van der Waals surface area contributed by atoms with Crippen molar-refractivity contribution in [2.24, 2.45) is 14.1 Å². The number of rotatable bonds is 10. The summed E-state index contributed by atoms with van der Waals surface area (Å²) in [7, 11) is 4.61. The van der Waals surface area contributed by atoms with Gasteiger partial charge in [-0.05, 0) is 43.5 Å². The maximum absolute atomic E-state index is 12.9. The highest BCUT2D eigenvalue weighted by Gasteiger charge is 2.21. The fourth-order valence-electron chi connectivity index (χ4n) is 3.44. The van der Waals surface area contributed by atoms with Gasteiger partial charge in [0.25, 0.3) is 5.56 Å². The quantitative estimate of drug-likeness (QED) is 0.447. The molecule has 1 atom stereocenters. The lowest BCUT2D eigenvalue weighted by Crippen LogP contribution is -2.38. The molecule has 0 spiro atoms. The van der Waals surface area contributed by atoms with Crippen LogP contribution < -0.4 is 21.3 Å². The zero-order chi connectivity index (χ0) is 23.4. The van der Waals surface area contributed by atoms with Crippen molar-refractivity contribution in [3.63, 3.8) is 0 Å². The Kier molecular flexibility index (Phi) is 7.37. The molecular formula is C22H31N5O5. The smallest absolute Gasteiger partial charge is 0.332 e. The minimum atomic E-state index is -0.907. The fraction of sp³-hybridized carbons (Fsp3) is 0.500. The van der Waals surface area contributed by atoms with Crippen molar-refractivity contribution >= 4 is 17.1 Å². The van der Waals surface area contributed by atoms with Gasteiger partial charge in [-0.25, -0.2) is 4.79 Å². The average molecular weight is 446 g/mol. The number of nitrogens with one attached hydrogen (secondary N) is 1.